The molecular formula is C27H30FN3O4S. The van der Waals surface area contributed by atoms with Crippen LogP contribution in [-0.2, 0) is 34.4 Å². The SMILES string of the molecule is CS(=O)(=O)N(Cc1ccc(C(=O)NCc2ccc(CN3CCOCC3)cc2)cc1)c1ccccc1F. The van der Waals surface area contributed by atoms with Crippen molar-refractivity contribution in [2.45, 2.75) is 19.6 Å². The topological polar surface area (TPSA) is 79.0 Å². The van der Waals surface area contributed by atoms with Gasteiger partial charge in [-0.25, -0.2) is 12.8 Å². The zero-order chi connectivity index (χ0) is 25.5. The number of nitrogens with one attached hydrogen (secondary N) is 1. The highest BCUT2D eigenvalue weighted by molar-refractivity contribution is 7.92. The van der Waals surface area contributed by atoms with E-state index in [4.69, 9.17) is 4.74 Å². The molecule has 4 rings (SSSR count). The van der Waals surface area contributed by atoms with E-state index in [1.807, 2.05) is 12.1 Å². The number of nitrogens with zero attached hydrogens (tertiary/aromatic N) is 2. The highest BCUT2D eigenvalue weighted by atomic mass is 32.2. The van der Waals surface area contributed by atoms with Gasteiger partial charge in [-0.2, -0.15) is 0 Å². The number of ether oxygens (including phenoxy) is 1. The summed E-state index contributed by atoms with van der Waals surface area (Å²) in [5.41, 5.74) is 3.30. The van der Waals surface area contributed by atoms with Gasteiger partial charge in [-0.05, 0) is 41.0 Å². The van der Waals surface area contributed by atoms with E-state index in [-0.39, 0.29) is 18.1 Å². The van der Waals surface area contributed by atoms with E-state index in [0.29, 0.717) is 17.7 Å². The van der Waals surface area contributed by atoms with Crippen molar-refractivity contribution in [2.24, 2.45) is 0 Å². The predicted molar refractivity (Wildman–Crippen MR) is 138 cm³/mol. The molecule has 3 aromatic carbocycles. The minimum Gasteiger partial charge on any atom is -0.379 e. The first-order valence-electron chi connectivity index (χ1n) is 11.8. The number of carbonyl (C=O) groups excluding carboxylic acids is 1. The van der Waals surface area contributed by atoms with Crippen LogP contribution in [0.5, 0.6) is 0 Å². The Morgan fingerprint density at radius 2 is 1.56 bits per heavy atom. The summed E-state index contributed by atoms with van der Waals surface area (Å²) in [4.78, 5) is 15.0. The monoisotopic (exact) mass is 511 g/mol. The molecule has 1 aliphatic heterocycles. The number of anilines is 1. The van der Waals surface area contributed by atoms with Crippen LogP contribution in [0.3, 0.4) is 0 Å². The predicted octanol–water partition coefficient (Wildman–Crippen LogP) is 3.55. The molecule has 0 spiro atoms. The van der Waals surface area contributed by atoms with Gasteiger partial charge in [0, 0.05) is 31.7 Å². The summed E-state index contributed by atoms with van der Waals surface area (Å²) in [5, 5.41) is 2.91. The summed E-state index contributed by atoms with van der Waals surface area (Å²) in [5.74, 6) is -0.846. The maximum absolute atomic E-state index is 14.2. The highest BCUT2D eigenvalue weighted by Crippen LogP contribution is 2.24. The van der Waals surface area contributed by atoms with Gasteiger partial charge in [0.2, 0.25) is 10.0 Å². The summed E-state index contributed by atoms with van der Waals surface area (Å²) in [6.45, 7) is 4.65. The molecule has 190 valence electrons. The third-order valence-electron chi connectivity index (χ3n) is 6.05. The molecule has 9 heteroatoms. The van der Waals surface area contributed by atoms with Crippen LogP contribution in [0.2, 0.25) is 0 Å². The Kier molecular flexibility index (Phi) is 8.35. The van der Waals surface area contributed by atoms with Crippen molar-refractivity contribution in [3.8, 4) is 0 Å². The largest absolute Gasteiger partial charge is 0.379 e. The van der Waals surface area contributed by atoms with Crippen LogP contribution in [-0.4, -0.2) is 51.8 Å². The normalized spacial score (nSPS) is 14.4. The number of halogens is 1. The molecular weight excluding hydrogens is 481 g/mol. The first-order valence-corrected chi connectivity index (χ1v) is 13.6. The number of para-hydroxylation sites is 1. The first-order chi connectivity index (χ1) is 17.3. The van der Waals surface area contributed by atoms with Crippen molar-refractivity contribution in [3.63, 3.8) is 0 Å². The van der Waals surface area contributed by atoms with Gasteiger partial charge < -0.3 is 10.1 Å². The van der Waals surface area contributed by atoms with Gasteiger partial charge >= 0.3 is 0 Å². The quantitative estimate of drug-likeness (QED) is 0.475. The Labute approximate surface area is 211 Å². The van der Waals surface area contributed by atoms with Crippen molar-refractivity contribution >= 4 is 21.6 Å². The van der Waals surface area contributed by atoms with Gasteiger partial charge in [0.15, 0.2) is 0 Å². The van der Waals surface area contributed by atoms with Crippen molar-refractivity contribution in [1.82, 2.24) is 10.2 Å². The van der Waals surface area contributed by atoms with Crippen molar-refractivity contribution < 1.29 is 22.3 Å². The number of benzene rings is 3. The number of rotatable bonds is 9. The number of carbonyl (C=O) groups is 1. The fourth-order valence-corrected chi connectivity index (χ4v) is 4.92. The van der Waals surface area contributed by atoms with Gasteiger partial charge in [-0.3, -0.25) is 14.0 Å². The average Bonchev–Trinajstić information content (AvgIpc) is 2.87. The van der Waals surface area contributed by atoms with Crippen LogP contribution in [0.25, 0.3) is 0 Å². The molecule has 7 nitrogen and oxygen atoms in total. The molecule has 1 heterocycles. The molecule has 0 saturated carbocycles. The third kappa shape index (κ3) is 6.90. The molecule has 0 aliphatic carbocycles. The summed E-state index contributed by atoms with van der Waals surface area (Å²) in [6, 6.07) is 20.5. The lowest BCUT2D eigenvalue weighted by molar-refractivity contribution is 0.0342. The highest BCUT2D eigenvalue weighted by Gasteiger charge is 2.21. The maximum Gasteiger partial charge on any atom is 0.251 e. The average molecular weight is 512 g/mol. The van der Waals surface area contributed by atoms with Gasteiger partial charge in [0.25, 0.3) is 5.91 Å². The number of morpholine rings is 1. The van der Waals surface area contributed by atoms with Crippen molar-refractivity contribution in [3.05, 3.63) is 101 Å². The van der Waals surface area contributed by atoms with E-state index in [1.54, 1.807) is 30.3 Å². The standard InChI is InChI=1S/C27H30FN3O4S/c1-36(33,34)31(26-5-3-2-4-25(26)28)20-23-10-12-24(13-11-23)27(32)29-18-21-6-8-22(9-7-21)19-30-14-16-35-17-15-30/h2-13H,14-20H2,1H3,(H,29,32). The molecule has 1 saturated heterocycles. The van der Waals surface area contributed by atoms with Crippen molar-refractivity contribution in [1.29, 1.82) is 0 Å². The molecule has 1 amide bonds. The van der Waals surface area contributed by atoms with Gasteiger partial charge in [-0.15, -0.1) is 0 Å². The lowest BCUT2D eigenvalue weighted by atomic mass is 10.1. The van der Waals surface area contributed by atoms with Crippen LogP contribution in [0.4, 0.5) is 10.1 Å². The molecule has 0 unspecified atom stereocenters. The fraction of sp³-hybridized carbons (Fsp3) is 0.296. The summed E-state index contributed by atoms with van der Waals surface area (Å²) in [7, 11) is -3.71. The maximum atomic E-state index is 14.2. The smallest absolute Gasteiger partial charge is 0.251 e. The number of amides is 1. The fourth-order valence-electron chi connectivity index (χ4n) is 4.03. The van der Waals surface area contributed by atoms with Gasteiger partial charge in [0.1, 0.15) is 5.82 Å². The van der Waals surface area contributed by atoms with E-state index < -0.39 is 15.8 Å². The molecule has 0 radical (unpaired) electrons. The number of hydrogen-bond acceptors (Lipinski definition) is 5. The third-order valence-corrected chi connectivity index (χ3v) is 7.18. The van der Waals surface area contributed by atoms with Gasteiger partial charge in [0.05, 0.1) is 31.7 Å². The van der Waals surface area contributed by atoms with Crippen LogP contribution in [0, 0.1) is 5.82 Å². The molecule has 1 N–H and O–H groups in total. The van der Waals surface area contributed by atoms with E-state index in [2.05, 4.69) is 22.3 Å². The molecule has 0 bridgehead atoms. The zero-order valence-corrected chi connectivity index (χ0v) is 21.0. The summed E-state index contributed by atoms with van der Waals surface area (Å²) < 4.78 is 45.2. The molecule has 36 heavy (non-hydrogen) atoms. The second-order valence-corrected chi connectivity index (χ2v) is 10.7. The number of sulfonamides is 1. The minimum absolute atomic E-state index is 0.0159. The van der Waals surface area contributed by atoms with E-state index in [9.17, 15) is 17.6 Å². The van der Waals surface area contributed by atoms with E-state index in [1.165, 1.54) is 23.8 Å². The Morgan fingerprint density at radius 1 is 0.944 bits per heavy atom. The Hall–Kier alpha value is -3.27. The summed E-state index contributed by atoms with van der Waals surface area (Å²) in [6.07, 6.45) is 1.04. The van der Waals surface area contributed by atoms with Crippen molar-refractivity contribution in [2.75, 3.05) is 36.9 Å². The summed E-state index contributed by atoms with van der Waals surface area (Å²) >= 11 is 0. The van der Waals surface area contributed by atoms with E-state index >= 15 is 0 Å². The molecule has 1 aliphatic rings. The van der Waals surface area contributed by atoms with Crippen LogP contribution in [0.1, 0.15) is 27.0 Å². The lowest BCUT2D eigenvalue weighted by Crippen LogP contribution is -2.35. The van der Waals surface area contributed by atoms with Crippen LogP contribution >= 0.6 is 0 Å². The Morgan fingerprint density at radius 3 is 2.19 bits per heavy atom. The minimum atomic E-state index is -3.71. The molecule has 0 aromatic heterocycles. The lowest BCUT2D eigenvalue weighted by Gasteiger charge is -2.26. The van der Waals surface area contributed by atoms with Crippen LogP contribution in [0.15, 0.2) is 72.8 Å². The first kappa shape index (κ1) is 25.8. The zero-order valence-electron chi connectivity index (χ0n) is 20.2. The molecule has 3 aromatic rings. The van der Waals surface area contributed by atoms with Crippen LogP contribution < -0.4 is 9.62 Å². The number of hydrogen-bond donors (Lipinski definition) is 1. The Bertz CT molecular complexity index is 1280. The second kappa shape index (κ2) is 11.6. The second-order valence-electron chi connectivity index (χ2n) is 8.81. The molecule has 1 fully saturated rings. The van der Waals surface area contributed by atoms with Gasteiger partial charge in [-0.1, -0.05) is 48.5 Å². The van der Waals surface area contributed by atoms with E-state index in [0.717, 1.165) is 49.0 Å². The molecule has 0 atom stereocenters. The Balaban J connectivity index is 1.33.